The van der Waals surface area contributed by atoms with Gasteiger partial charge in [-0.05, 0) is 43.3 Å². The topological polar surface area (TPSA) is 68.1 Å². The molecule has 2 aromatic heterocycles. The molecule has 3 heterocycles. The molecular weight excluding hydrogens is 430 g/mol. The lowest BCUT2D eigenvalue weighted by molar-refractivity contribution is 0.0926. The van der Waals surface area contributed by atoms with Crippen LogP contribution in [0, 0.1) is 12.7 Å². The minimum Gasteiger partial charge on any atom is -0.268 e. The van der Waals surface area contributed by atoms with E-state index < -0.39 is 17.6 Å². The van der Waals surface area contributed by atoms with Crippen LogP contribution >= 0.6 is 23.2 Å². The highest BCUT2D eigenvalue weighted by atomic mass is 35.5. The van der Waals surface area contributed by atoms with Crippen molar-refractivity contribution in [3.63, 3.8) is 0 Å². The Labute approximate surface area is 179 Å². The van der Waals surface area contributed by atoms with Crippen LogP contribution in [0.15, 0.2) is 48.7 Å². The van der Waals surface area contributed by atoms with Gasteiger partial charge in [0.15, 0.2) is 5.65 Å². The van der Waals surface area contributed by atoms with E-state index >= 15 is 0 Å². The third-order valence-corrected chi connectivity index (χ3v) is 5.40. The van der Waals surface area contributed by atoms with Gasteiger partial charge in [-0.2, -0.15) is 5.10 Å². The summed E-state index contributed by atoms with van der Waals surface area (Å²) in [7, 11) is 0. The number of benzene rings is 2. The highest BCUT2D eigenvalue weighted by molar-refractivity contribution is 6.38. The first-order valence-corrected chi connectivity index (χ1v) is 9.60. The van der Waals surface area contributed by atoms with E-state index in [1.165, 1.54) is 35.1 Å². The lowest BCUT2D eigenvalue weighted by atomic mass is 10.1. The maximum Gasteiger partial charge on any atom is 0.267 e. The SMILES string of the molecule is Cc1nn(-c2ccc(Cl)cc2F)c2ncc3c(c12)C(=O)N(c1cccc(Cl)c1)C3=O. The summed E-state index contributed by atoms with van der Waals surface area (Å²) in [5.74, 6) is -1.60. The summed E-state index contributed by atoms with van der Waals surface area (Å²) in [6.45, 7) is 1.68. The van der Waals surface area contributed by atoms with E-state index in [1.54, 1.807) is 25.1 Å². The van der Waals surface area contributed by atoms with Crippen molar-refractivity contribution in [2.45, 2.75) is 6.92 Å². The van der Waals surface area contributed by atoms with Crippen LogP contribution < -0.4 is 4.90 Å². The number of halogens is 3. The van der Waals surface area contributed by atoms with Crippen LogP contribution in [0.25, 0.3) is 16.7 Å². The Morgan fingerprint density at radius 3 is 2.50 bits per heavy atom. The molecule has 0 unspecified atom stereocenters. The van der Waals surface area contributed by atoms with E-state index in [2.05, 4.69) is 10.1 Å². The van der Waals surface area contributed by atoms with Crippen LogP contribution in [0.1, 0.15) is 26.4 Å². The normalized spacial score (nSPS) is 13.4. The summed E-state index contributed by atoms with van der Waals surface area (Å²) < 4.78 is 15.8. The minimum absolute atomic E-state index is 0.133. The second-order valence-electron chi connectivity index (χ2n) is 6.76. The van der Waals surface area contributed by atoms with Crippen molar-refractivity contribution in [2.24, 2.45) is 0 Å². The molecule has 0 spiro atoms. The van der Waals surface area contributed by atoms with Gasteiger partial charge in [0.05, 0.1) is 27.9 Å². The van der Waals surface area contributed by atoms with Gasteiger partial charge in [0, 0.05) is 16.2 Å². The second-order valence-corrected chi connectivity index (χ2v) is 7.64. The fourth-order valence-electron chi connectivity index (χ4n) is 3.63. The number of hydrogen-bond acceptors (Lipinski definition) is 4. The van der Waals surface area contributed by atoms with Crippen molar-refractivity contribution < 1.29 is 14.0 Å². The molecule has 5 rings (SSSR count). The average molecular weight is 441 g/mol. The van der Waals surface area contributed by atoms with Gasteiger partial charge in [-0.3, -0.25) is 9.59 Å². The number of anilines is 1. The fraction of sp³-hybridized carbons (Fsp3) is 0.0476. The van der Waals surface area contributed by atoms with Gasteiger partial charge in [0.2, 0.25) is 0 Å². The third kappa shape index (κ3) is 2.63. The number of aryl methyl sites for hydroxylation is 1. The zero-order chi connectivity index (χ0) is 21.2. The smallest absolute Gasteiger partial charge is 0.267 e. The predicted octanol–water partition coefficient (Wildman–Crippen LogP) is 4.98. The molecule has 0 bridgehead atoms. The quantitative estimate of drug-likeness (QED) is 0.412. The molecule has 0 saturated heterocycles. The lowest BCUT2D eigenvalue weighted by Gasteiger charge is -2.13. The predicted molar refractivity (Wildman–Crippen MR) is 111 cm³/mol. The number of rotatable bonds is 2. The number of hydrogen-bond donors (Lipinski definition) is 0. The number of fused-ring (bicyclic) bond motifs is 3. The first kappa shape index (κ1) is 18.7. The van der Waals surface area contributed by atoms with Crippen LogP contribution in [-0.2, 0) is 0 Å². The van der Waals surface area contributed by atoms with Crippen LogP contribution in [0.2, 0.25) is 10.0 Å². The average Bonchev–Trinajstić information content (AvgIpc) is 3.16. The molecule has 6 nitrogen and oxygen atoms in total. The number of carbonyl (C=O) groups is 2. The molecule has 30 heavy (non-hydrogen) atoms. The third-order valence-electron chi connectivity index (χ3n) is 4.93. The van der Waals surface area contributed by atoms with Crippen molar-refractivity contribution in [1.82, 2.24) is 14.8 Å². The van der Waals surface area contributed by atoms with Gasteiger partial charge < -0.3 is 0 Å². The van der Waals surface area contributed by atoms with Crippen LogP contribution in [0.5, 0.6) is 0 Å². The maximum atomic E-state index is 14.5. The van der Waals surface area contributed by atoms with Gasteiger partial charge in [-0.15, -0.1) is 0 Å². The largest absolute Gasteiger partial charge is 0.268 e. The minimum atomic E-state index is -0.586. The maximum absolute atomic E-state index is 14.5. The van der Waals surface area contributed by atoms with E-state index in [9.17, 15) is 14.0 Å². The van der Waals surface area contributed by atoms with Crippen molar-refractivity contribution in [2.75, 3.05) is 4.90 Å². The van der Waals surface area contributed by atoms with Gasteiger partial charge in [-0.1, -0.05) is 29.3 Å². The first-order valence-electron chi connectivity index (χ1n) is 8.85. The van der Waals surface area contributed by atoms with E-state index in [0.29, 0.717) is 21.8 Å². The zero-order valence-corrected chi connectivity index (χ0v) is 16.9. The number of nitrogens with zero attached hydrogens (tertiary/aromatic N) is 4. The highest BCUT2D eigenvalue weighted by Crippen LogP contribution is 2.35. The van der Waals surface area contributed by atoms with Gasteiger partial charge in [0.25, 0.3) is 11.8 Å². The Hall–Kier alpha value is -3.29. The molecule has 0 saturated carbocycles. The van der Waals surface area contributed by atoms with Crippen molar-refractivity contribution in [1.29, 1.82) is 0 Å². The zero-order valence-electron chi connectivity index (χ0n) is 15.4. The van der Waals surface area contributed by atoms with Crippen molar-refractivity contribution in [3.05, 3.63) is 81.3 Å². The van der Waals surface area contributed by atoms with E-state index in [1.807, 2.05) is 0 Å². The summed E-state index contributed by atoms with van der Waals surface area (Å²) in [5.41, 5.74) is 1.54. The second kappa shape index (κ2) is 6.62. The number of amides is 2. The molecule has 2 amide bonds. The molecular formula is C21H11Cl2FN4O2. The van der Waals surface area contributed by atoms with Crippen LogP contribution in [0.3, 0.4) is 0 Å². The molecule has 0 N–H and O–H groups in total. The molecule has 4 aromatic rings. The monoisotopic (exact) mass is 440 g/mol. The highest BCUT2D eigenvalue weighted by Gasteiger charge is 2.40. The van der Waals surface area contributed by atoms with Gasteiger partial charge in [0.1, 0.15) is 11.5 Å². The van der Waals surface area contributed by atoms with Gasteiger partial charge >= 0.3 is 0 Å². The van der Waals surface area contributed by atoms with Gasteiger partial charge in [-0.25, -0.2) is 19.0 Å². The van der Waals surface area contributed by atoms with E-state index in [0.717, 1.165) is 4.90 Å². The Morgan fingerprint density at radius 1 is 1.00 bits per heavy atom. The number of imide groups is 1. The van der Waals surface area contributed by atoms with Crippen LogP contribution in [-0.4, -0.2) is 26.6 Å². The molecule has 1 aliphatic heterocycles. The van der Waals surface area contributed by atoms with E-state index in [-0.39, 0.29) is 27.5 Å². The number of carbonyl (C=O) groups excluding carboxylic acids is 2. The molecule has 0 aliphatic carbocycles. The lowest BCUT2D eigenvalue weighted by Crippen LogP contribution is -2.29. The van der Waals surface area contributed by atoms with Crippen molar-refractivity contribution in [3.8, 4) is 5.69 Å². The Bertz CT molecular complexity index is 1400. The molecule has 9 heteroatoms. The molecule has 0 radical (unpaired) electrons. The molecule has 2 aromatic carbocycles. The summed E-state index contributed by atoms with van der Waals surface area (Å²) in [6, 6.07) is 10.6. The molecule has 0 atom stereocenters. The number of aromatic nitrogens is 3. The van der Waals surface area contributed by atoms with E-state index in [4.69, 9.17) is 23.2 Å². The summed E-state index contributed by atoms with van der Waals surface area (Å²) in [6.07, 6.45) is 1.31. The molecule has 148 valence electrons. The fourth-order valence-corrected chi connectivity index (χ4v) is 3.97. The summed E-state index contributed by atoms with van der Waals surface area (Å²) >= 11 is 11.9. The summed E-state index contributed by atoms with van der Waals surface area (Å²) in [5, 5.41) is 5.40. The number of pyridine rings is 1. The molecule has 0 fully saturated rings. The standard InChI is InChI=1S/C21H11Cl2FN4O2/c1-10-17-18-14(20(29)27(21(18)30)13-4-2-3-11(22)7-13)9-25-19(17)28(26-10)16-6-5-12(23)8-15(16)24/h2-9H,1H3. The summed E-state index contributed by atoms with van der Waals surface area (Å²) in [4.78, 5) is 31.6. The Balaban J connectivity index is 1.73. The van der Waals surface area contributed by atoms with Crippen LogP contribution in [0.4, 0.5) is 10.1 Å². The first-order chi connectivity index (χ1) is 14.4. The Morgan fingerprint density at radius 2 is 1.77 bits per heavy atom. The molecule has 1 aliphatic rings. The Kier molecular flexibility index (Phi) is 4.13. The van der Waals surface area contributed by atoms with Crippen molar-refractivity contribution >= 4 is 51.7 Å².